The fourth-order valence-corrected chi connectivity index (χ4v) is 5.19. The van der Waals surface area contributed by atoms with E-state index in [4.69, 9.17) is 30.8 Å². The molecule has 3 aromatic rings. The fraction of sp³-hybridized carbons (Fsp3) is 0.462. The van der Waals surface area contributed by atoms with E-state index < -0.39 is 11.4 Å². The van der Waals surface area contributed by atoms with Crippen molar-refractivity contribution in [2.24, 2.45) is 0 Å². The lowest BCUT2D eigenvalue weighted by atomic mass is 10.2. The first-order valence-corrected chi connectivity index (χ1v) is 12.9. The minimum Gasteiger partial charge on any atom is -0.484 e. The Morgan fingerprint density at radius 1 is 1.16 bits per heavy atom. The molecule has 0 radical (unpaired) electrons. The minimum absolute atomic E-state index is 0.0560. The summed E-state index contributed by atoms with van der Waals surface area (Å²) in [6.07, 6.45) is 1.83. The topological polar surface area (TPSA) is 102 Å². The van der Waals surface area contributed by atoms with Gasteiger partial charge in [0.05, 0.1) is 36.5 Å². The third-order valence-corrected chi connectivity index (χ3v) is 7.18. The number of carbonyl (C=O) groups is 1. The number of ether oxygens (including phenoxy) is 3. The zero-order valence-corrected chi connectivity index (χ0v) is 22.0. The van der Waals surface area contributed by atoms with Gasteiger partial charge in [0.2, 0.25) is 0 Å². The molecule has 2 atom stereocenters. The first-order valence-electron chi connectivity index (χ1n) is 12.5. The summed E-state index contributed by atoms with van der Waals surface area (Å²) in [4.78, 5) is 30.1. The second kappa shape index (κ2) is 9.39. The number of benzene rings is 1. The summed E-state index contributed by atoms with van der Waals surface area (Å²) < 4.78 is 31.5. The summed E-state index contributed by atoms with van der Waals surface area (Å²) in [5.41, 5.74) is 0.721. The molecule has 1 N–H and O–H groups in total. The van der Waals surface area contributed by atoms with Crippen molar-refractivity contribution >= 4 is 46.1 Å². The quantitative estimate of drug-likeness (QED) is 0.498. The van der Waals surface area contributed by atoms with Crippen molar-refractivity contribution in [3.8, 4) is 5.75 Å². The van der Waals surface area contributed by atoms with E-state index in [0.29, 0.717) is 43.2 Å². The highest BCUT2D eigenvalue weighted by Gasteiger charge is 2.47. The summed E-state index contributed by atoms with van der Waals surface area (Å²) in [5.74, 6) is 0.719. The monoisotopic (exact) mass is 542 g/mol. The van der Waals surface area contributed by atoms with Gasteiger partial charge in [-0.2, -0.15) is 0 Å². The lowest BCUT2D eigenvalue weighted by Crippen LogP contribution is -2.50. The van der Waals surface area contributed by atoms with Crippen molar-refractivity contribution in [1.29, 1.82) is 0 Å². The van der Waals surface area contributed by atoms with Gasteiger partial charge in [0.15, 0.2) is 11.6 Å². The molecule has 5 heterocycles. The number of likely N-dealkylation sites (tertiary alicyclic amines) is 1. The molecular formula is C26H28ClFN6O4. The number of piperazine rings is 1. The van der Waals surface area contributed by atoms with Crippen LogP contribution in [0.15, 0.2) is 30.6 Å². The van der Waals surface area contributed by atoms with Gasteiger partial charge in [-0.15, -0.1) is 0 Å². The summed E-state index contributed by atoms with van der Waals surface area (Å²) in [6, 6.07) is 7.13. The number of hydrogen-bond acceptors (Lipinski definition) is 9. The maximum absolute atomic E-state index is 15.1. The Bertz CT molecular complexity index is 1400. The molecular weight excluding hydrogens is 515 g/mol. The Morgan fingerprint density at radius 3 is 2.66 bits per heavy atom. The molecule has 0 spiro atoms. The highest BCUT2D eigenvalue weighted by atomic mass is 35.5. The molecule has 2 aromatic heterocycles. The highest BCUT2D eigenvalue weighted by Crippen LogP contribution is 2.37. The Labute approximate surface area is 224 Å². The Morgan fingerprint density at radius 2 is 1.97 bits per heavy atom. The van der Waals surface area contributed by atoms with Crippen molar-refractivity contribution in [3.05, 3.63) is 41.4 Å². The van der Waals surface area contributed by atoms with Gasteiger partial charge in [-0.05, 0) is 51.5 Å². The standard InChI is InChI=1S/C26H28ClFN6O4/c1-26(2,3)38-25(35)34-10-14-8-15(34)9-33(14)20-7-5-18-23(32-20)24(30-13-29-18)31-17-4-6-19(21(27)22(17)28)37-16-11-36-12-16/h4-7,13-16H,8-12H2,1-3H3,(H,29,30,31)/t14-,15-/m0/s1. The number of nitrogens with one attached hydrogen (secondary N) is 1. The first-order chi connectivity index (χ1) is 18.2. The number of fused-ring (bicyclic) bond motifs is 3. The lowest BCUT2D eigenvalue weighted by Gasteiger charge is -2.35. The molecule has 12 heteroatoms. The number of carbonyl (C=O) groups excluding carboxylic acids is 1. The van der Waals surface area contributed by atoms with E-state index in [1.54, 1.807) is 17.0 Å². The molecule has 1 aromatic carbocycles. The number of hydrogen-bond donors (Lipinski definition) is 1. The van der Waals surface area contributed by atoms with Crippen molar-refractivity contribution < 1.29 is 23.4 Å². The van der Waals surface area contributed by atoms with Crippen LogP contribution in [-0.2, 0) is 9.47 Å². The number of rotatable bonds is 5. The molecule has 3 aliphatic heterocycles. The Hall–Kier alpha value is -3.44. The number of halogens is 2. The second-order valence-electron chi connectivity index (χ2n) is 10.7. The molecule has 0 aliphatic carbocycles. The van der Waals surface area contributed by atoms with Crippen LogP contribution in [0.2, 0.25) is 5.02 Å². The average molecular weight is 543 g/mol. The van der Waals surface area contributed by atoms with Gasteiger partial charge in [-0.3, -0.25) is 0 Å². The van der Waals surface area contributed by atoms with Gasteiger partial charge >= 0.3 is 6.09 Å². The van der Waals surface area contributed by atoms with E-state index >= 15 is 4.39 Å². The summed E-state index contributed by atoms with van der Waals surface area (Å²) in [6.45, 7) is 7.73. The molecule has 10 nitrogen and oxygen atoms in total. The van der Waals surface area contributed by atoms with E-state index in [2.05, 4.69) is 20.2 Å². The van der Waals surface area contributed by atoms with Crippen LogP contribution in [-0.4, -0.2) is 76.0 Å². The van der Waals surface area contributed by atoms with E-state index in [9.17, 15) is 4.79 Å². The Balaban J connectivity index is 1.22. The summed E-state index contributed by atoms with van der Waals surface area (Å²) in [7, 11) is 0. The zero-order valence-electron chi connectivity index (χ0n) is 21.3. The van der Waals surface area contributed by atoms with E-state index in [0.717, 1.165) is 12.2 Å². The maximum atomic E-state index is 15.1. The predicted molar refractivity (Wildman–Crippen MR) is 140 cm³/mol. The fourth-order valence-electron chi connectivity index (χ4n) is 4.98. The van der Waals surface area contributed by atoms with E-state index in [-0.39, 0.29) is 40.7 Å². The van der Waals surface area contributed by atoms with Crippen molar-refractivity contribution in [1.82, 2.24) is 19.9 Å². The van der Waals surface area contributed by atoms with Crippen LogP contribution in [0.1, 0.15) is 27.2 Å². The molecule has 0 saturated carbocycles. The molecule has 2 bridgehead atoms. The molecule has 0 unspecified atom stereocenters. The molecule has 3 aliphatic rings. The first kappa shape index (κ1) is 24.9. The van der Waals surface area contributed by atoms with Gasteiger partial charge in [-0.25, -0.2) is 24.1 Å². The van der Waals surface area contributed by atoms with Crippen LogP contribution in [0.4, 0.5) is 26.5 Å². The smallest absolute Gasteiger partial charge is 0.410 e. The number of pyridine rings is 1. The predicted octanol–water partition coefficient (Wildman–Crippen LogP) is 4.54. The van der Waals surface area contributed by atoms with Crippen LogP contribution in [0.25, 0.3) is 11.0 Å². The van der Waals surface area contributed by atoms with Crippen molar-refractivity contribution in [2.45, 2.75) is 51.0 Å². The normalized spacial score (nSPS) is 21.1. The molecule has 3 fully saturated rings. The largest absolute Gasteiger partial charge is 0.484 e. The number of amides is 1. The number of anilines is 3. The molecule has 3 saturated heterocycles. The average Bonchev–Trinajstić information content (AvgIpc) is 3.46. The third-order valence-electron chi connectivity index (χ3n) is 6.83. The van der Waals surface area contributed by atoms with Crippen molar-refractivity contribution in [3.63, 3.8) is 0 Å². The second-order valence-corrected chi connectivity index (χ2v) is 11.1. The third kappa shape index (κ3) is 4.64. The van der Waals surface area contributed by atoms with E-state index in [1.165, 1.54) is 6.33 Å². The van der Waals surface area contributed by atoms with Crippen LogP contribution >= 0.6 is 11.6 Å². The Kier molecular flexibility index (Phi) is 6.14. The highest BCUT2D eigenvalue weighted by molar-refractivity contribution is 6.32. The van der Waals surface area contributed by atoms with Gasteiger partial charge in [-0.1, -0.05) is 11.6 Å². The summed E-state index contributed by atoms with van der Waals surface area (Å²) >= 11 is 6.25. The molecule has 200 valence electrons. The van der Waals surface area contributed by atoms with Crippen LogP contribution in [0, 0.1) is 5.82 Å². The minimum atomic E-state index is -0.647. The van der Waals surface area contributed by atoms with Crippen LogP contribution < -0.4 is 15.0 Å². The number of aromatic nitrogens is 3. The van der Waals surface area contributed by atoms with Gasteiger partial charge in [0.1, 0.15) is 40.1 Å². The molecule has 6 rings (SSSR count). The van der Waals surface area contributed by atoms with Crippen LogP contribution in [0.3, 0.4) is 0 Å². The summed E-state index contributed by atoms with van der Waals surface area (Å²) in [5, 5.41) is 2.90. The van der Waals surface area contributed by atoms with Crippen molar-refractivity contribution in [2.75, 3.05) is 36.5 Å². The lowest BCUT2D eigenvalue weighted by molar-refractivity contribution is -0.0797. The zero-order chi connectivity index (χ0) is 26.6. The molecule has 1 amide bonds. The molecule has 38 heavy (non-hydrogen) atoms. The van der Waals surface area contributed by atoms with E-state index in [1.807, 2.05) is 32.9 Å². The van der Waals surface area contributed by atoms with Gasteiger partial charge in [0, 0.05) is 13.1 Å². The van der Waals surface area contributed by atoms with Gasteiger partial charge < -0.3 is 29.3 Å². The SMILES string of the molecule is CC(C)(C)OC(=O)N1C[C@@H]2C[C@H]1CN2c1ccc2ncnc(Nc3ccc(OC4COC4)c(Cl)c3F)c2n1. The van der Waals surface area contributed by atoms with Crippen LogP contribution in [0.5, 0.6) is 5.75 Å². The maximum Gasteiger partial charge on any atom is 0.410 e. The van der Waals surface area contributed by atoms with Gasteiger partial charge in [0.25, 0.3) is 0 Å². The number of nitrogens with zero attached hydrogens (tertiary/aromatic N) is 5.